The van der Waals surface area contributed by atoms with Crippen molar-refractivity contribution in [1.82, 2.24) is 10.6 Å². The highest BCUT2D eigenvalue weighted by Crippen LogP contribution is 2.04. The molecule has 3 N–H and O–H groups in total. The van der Waals surface area contributed by atoms with Gasteiger partial charge in [-0.05, 0) is 18.9 Å². The van der Waals surface area contributed by atoms with Gasteiger partial charge in [-0.2, -0.15) is 0 Å². The molecule has 1 aromatic rings. The van der Waals surface area contributed by atoms with Gasteiger partial charge in [0.2, 0.25) is 0 Å². The number of carboxylic acids is 1. The van der Waals surface area contributed by atoms with Gasteiger partial charge in [0.25, 0.3) is 0 Å². The minimum Gasteiger partial charge on any atom is -0.481 e. The lowest BCUT2D eigenvalue weighted by Gasteiger charge is -2.16. The number of amides is 2. The number of urea groups is 1. The zero-order valence-electron chi connectivity index (χ0n) is 12.0. The Bertz CT molecular complexity index is 443. The molecule has 0 aliphatic rings. The molecule has 5 heteroatoms. The minimum atomic E-state index is -0.901. The van der Waals surface area contributed by atoms with E-state index >= 15 is 0 Å². The molecule has 0 aliphatic carbocycles. The summed E-state index contributed by atoms with van der Waals surface area (Å²) in [6, 6.07) is 7.23. The first-order valence-corrected chi connectivity index (χ1v) is 6.83. The molecule has 0 bridgehead atoms. The molecule has 20 heavy (non-hydrogen) atoms. The quantitative estimate of drug-likeness (QED) is 0.716. The molecular weight excluding hydrogens is 256 g/mol. The lowest BCUT2D eigenvalue weighted by atomic mass is 10.1. The lowest BCUT2D eigenvalue weighted by molar-refractivity contribution is -0.137. The van der Waals surface area contributed by atoms with Crippen molar-refractivity contribution in [2.75, 3.05) is 0 Å². The number of nitrogens with one attached hydrogen (secondary N) is 2. The molecule has 110 valence electrons. The van der Waals surface area contributed by atoms with Crippen molar-refractivity contribution in [2.24, 2.45) is 0 Å². The number of carbonyl (C=O) groups excluding carboxylic acids is 1. The fraction of sp³-hybridized carbons (Fsp3) is 0.467. The molecule has 0 saturated heterocycles. The van der Waals surface area contributed by atoms with Crippen LogP contribution in [0.4, 0.5) is 4.79 Å². The summed E-state index contributed by atoms with van der Waals surface area (Å²) in [5.74, 6) is -0.901. The summed E-state index contributed by atoms with van der Waals surface area (Å²) in [6.07, 6.45) is 1.44. The topological polar surface area (TPSA) is 78.4 Å². The Morgan fingerprint density at radius 2 is 1.90 bits per heavy atom. The van der Waals surface area contributed by atoms with Gasteiger partial charge in [0.1, 0.15) is 0 Å². The Morgan fingerprint density at radius 3 is 2.45 bits per heavy atom. The third kappa shape index (κ3) is 6.22. The third-order valence-electron chi connectivity index (χ3n) is 2.97. The Labute approximate surface area is 119 Å². The minimum absolute atomic E-state index is 0.0498. The maximum atomic E-state index is 11.7. The van der Waals surface area contributed by atoms with Gasteiger partial charge in [0.15, 0.2) is 0 Å². The Hall–Kier alpha value is -2.04. The summed E-state index contributed by atoms with van der Waals surface area (Å²) in [6.45, 7) is 4.39. The van der Waals surface area contributed by atoms with E-state index in [0.717, 1.165) is 12.0 Å². The van der Waals surface area contributed by atoms with Gasteiger partial charge in [0.05, 0.1) is 6.42 Å². The zero-order chi connectivity index (χ0) is 15.0. The first-order valence-electron chi connectivity index (χ1n) is 6.83. The maximum Gasteiger partial charge on any atom is 0.315 e. The van der Waals surface area contributed by atoms with Crippen molar-refractivity contribution in [2.45, 2.75) is 45.7 Å². The standard InChI is InChI=1S/C15H22N2O3/c1-3-4-13(9-14(18)19)17-15(20)16-10-12-7-5-11(2)6-8-12/h5-8,13H,3-4,9-10H2,1-2H3,(H,18,19)(H2,16,17,20). The SMILES string of the molecule is CCCC(CC(=O)O)NC(=O)NCc1ccc(C)cc1. The maximum absolute atomic E-state index is 11.7. The number of carboxylic acid groups (broad SMARTS) is 1. The highest BCUT2D eigenvalue weighted by molar-refractivity contribution is 5.75. The van der Waals surface area contributed by atoms with Gasteiger partial charge in [-0.25, -0.2) is 4.79 Å². The number of aliphatic carboxylic acids is 1. The van der Waals surface area contributed by atoms with Crippen molar-refractivity contribution in [3.05, 3.63) is 35.4 Å². The highest BCUT2D eigenvalue weighted by atomic mass is 16.4. The van der Waals surface area contributed by atoms with Gasteiger partial charge >= 0.3 is 12.0 Å². The van der Waals surface area contributed by atoms with Crippen LogP contribution in [0, 0.1) is 6.92 Å². The summed E-state index contributed by atoms with van der Waals surface area (Å²) >= 11 is 0. The van der Waals surface area contributed by atoms with Gasteiger partial charge in [-0.15, -0.1) is 0 Å². The van der Waals surface area contributed by atoms with Crippen molar-refractivity contribution >= 4 is 12.0 Å². The van der Waals surface area contributed by atoms with Crippen molar-refractivity contribution in [3.63, 3.8) is 0 Å². The molecule has 0 saturated carbocycles. The van der Waals surface area contributed by atoms with Crippen LogP contribution >= 0.6 is 0 Å². The lowest BCUT2D eigenvalue weighted by Crippen LogP contribution is -2.42. The molecule has 1 aromatic carbocycles. The largest absolute Gasteiger partial charge is 0.481 e. The van der Waals surface area contributed by atoms with Crippen LogP contribution < -0.4 is 10.6 Å². The van der Waals surface area contributed by atoms with E-state index in [1.165, 1.54) is 5.56 Å². The van der Waals surface area contributed by atoms with Crippen LogP contribution in [0.3, 0.4) is 0 Å². The predicted molar refractivity (Wildman–Crippen MR) is 77.5 cm³/mol. The second kappa shape index (κ2) is 8.19. The van der Waals surface area contributed by atoms with Crippen LogP contribution in [0.2, 0.25) is 0 Å². The number of hydrogen-bond acceptors (Lipinski definition) is 2. The van der Waals surface area contributed by atoms with Crippen molar-refractivity contribution in [1.29, 1.82) is 0 Å². The molecule has 1 rings (SSSR count). The summed E-state index contributed by atoms with van der Waals surface area (Å²) in [4.78, 5) is 22.4. The van der Waals surface area contributed by atoms with E-state index in [1.807, 2.05) is 38.1 Å². The third-order valence-corrected chi connectivity index (χ3v) is 2.97. The monoisotopic (exact) mass is 278 g/mol. The van der Waals surface area contributed by atoms with Crippen LogP contribution in [0.25, 0.3) is 0 Å². The molecule has 0 spiro atoms. The first-order chi connectivity index (χ1) is 9.51. The molecule has 1 atom stereocenters. The molecule has 1 unspecified atom stereocenters. The van der Waals surface area contributed by atoms with Gasteiger partial charge < -0.3 is 15.7 Å². The molecular formula is C15H22N2O3. The van der Waals surface area contributed by atoms with Crippen molar-refractivity contribution < 1.29 is 14.7 Å². The van der Waals surface area contributed by atoms with E-state index in [2.05, 4.69) is 10.6 Å². The normalized spacial score (nSPS) is 11.7. The molecule has 2 amide bonds. The molecule has 0 aliphatic heterocycles. The highest BCUT2D eigenvalue weighted by Gasteiger charge is 2.14. The smallest absolute Gasteiger partial charge is 0.315 e. The molecule has 0 heterocycles. The predicted octanol–water partition coefficient (Wildman–Crippen LogP) is 2.44. The summed E-state index contributed by atoms with van der Waals surface area (Å²) < 4.78 is 0. The van der Waals surface area contributed by atoms with Crippen LogP contribution in [-0.2, 0) is 11.3 Å². The van der Waals surface area contributed by atoms with Crippen LogP contribution in [0.5, 0.6) is 0 Å². The van der Waals surface area contributed by atoms with Gasteiger partial charge in [-0.1, -0.05) is 43.2 Å². The van der Waals surface area contributed by atoms with Gasteiger partial charge in [-0.3, -0.25) is 4.79 Å². The molecule has 5 nitrogen and oxygen atoms in total. The number of carbonyl (C=O) groups is 2. The number of benzene rings is 1. The van der Waals surface area contributed by atoms with E-state index in [4.69, 9.17) is 5.11 Å². The summed E-state index contributed by atoms with van der Waals surface area (Å²) in [5, 5.41) is 14.2. The second-order valence-electron chi connectivity index (χ2n) is 4.90. The number of rotatable bonds is 7. The first kappa shape index (κ1) is 16.0. The summed E-state index contributed by atoms with van der Waals surface area (Å²) in [5.41, 5.74) is 2.18. The fourth-order valence-electron chi connectivity index (χ4n) is 1.91. The van der Waals surface area contributed by atoms with E-state index in [0.29, 0.717) is 13.0 Å². The Morgan fingerprint density at radius 1 is 1.25 bits per heavy atom. The molecule has 0 aromatic heterocycles. The van der Waals surface area contributed by atoms with E-state index in [9.17, 15) is 9.59 Å². The molecule has 0 fully saturated rings. The van der Waals surface area contributed by atoms with Crippen LogP contribution in [0.15, 0.2) is 24.3 Å². The second-order valence-corrected chi connectivity index (χ2v) is 4.90. The fourth-order valence-corrected chi connectivity index (χ4v) is 1.91. The molecule has 0 radical (unpaired) electrons. The number of aryl methyl sites for hydroxylation is 1. The average molecular weight is 278 g/mol. The Balaban J connectivity index is 2.41. The van der Waals surface area contributed by atoms with Gasteiger partial charge in [0, 0.05) is 12.6 Å². The van der Waals surface area contributed by atoms with Crippen LogP contribution in [0.1, 0.15) is 37.3 Å². The van der Waals surface area contributed by atoms with Crippen LogP contribution in [-0.4, -0.2) is 23.1 Å². The number of hydrogen-bond donors (Lipinski definition) is 3. The zero-order valence-corrected chi connectivity index (χ0v) is 12.0. The van der Waals surface area contributed by atoms with E-state index in [-0.39, 0.29) is 18.5 Å². The summed E-state index contributed by atoms with van der Waals surface area (Å²) in [7, 11) is 0. The van der Waals surface area contributed by atoms with Crippen molar-refractivity contribution in [3.8, 4) is 0 Å². The van der Waals surface area contributed by atoms with E-state index in [1.54, 1.807) is 0 Å². The Kier molecular flexibility index (Phi) is 6.56. The average Bonchev–Trinajstić information content (AvgIpc) is 2.37. The van der Waals surface area contributed by atoms with E-state index < -0.39 is 5.97 Å².